The van der Waals surface area contributed by atoms with Gasteiger partial charge in [-0.2, -0.15) is 0 Å². The monoisotopic (exact) mass is 295 g/mol. The summed E-state index contributed by atoms with van der Waals surface area (Å²) in [5.41, 5.74) is 7.85. The third-order valence-corrected chi connectivity index (χ3v) is 5.19. The zero-order valence-corrected chi connectivity index (χ0v) is 13.4. The summed E-state index contributed by atoms with van der Waals surface area (Å²) in [5.74, 6) is 0. The molecule has 0 bridgehead atoms. The van der Waals surface area contributed by atoms with Crippen molar-refractivity contribution in [3.05, 3.63) is 29.0 Å². The number of likely N-dealkylation sites (N-methyl/N-ethyl adjacent to an activating group) is 1. The molecule has 0 spiro atoms. The Morgan fingerprint density at radius 1 is 1.30 bits per heavy atom. The maximum atomic E-state index is 6.63. The van der Waals surface area contributed by atoms with Gasteiger partial charge in [0.25, 0.3) is 0 Å². The third kappa shape index (κ3) is 3.33. The zero-order chi connectivity index (χ0) is 14.6. The fourth-order valence-electron chi connectivity index (χ4n) is 3.49. The first-order valence-corrected chi connectivity index (χ1v) is 7.95. The molecule has 4 heteroatoms. The predicted molar refractivity (Wildman–Crippen MR) is 85.0 cm³/mol. The average Bonchev–Trinajstić information content (AvgIpc) is 2.68. The normalized spacial score (nSPS) is 20.6. The zero-order valence-electron chi connectivity index (χ0n) is 12.6. The van der Waals surface area contributed by atoms with E-state index in [-0.39, 0.29) is 11.6 Å². The third-order valence-electron chi connectivity index (χ3n) is 4.85. The molecule has 2 rings (SSSR count). The maximum Gasteiger partial charge on any atom is 0.0621 e. The summed E-state index contributed by atoms with van der Waals surface area (Å²) in [7, 11) is 4.33. The summed E-state index contributed by atoms with van der Waals surface area (Å²) in [6.45, 7) is 0. The van der Waals surface area contributed by atoms with E-state index in [1.54, 1.807) is 12.4 Å². The van der Waals surface area contributed by atoms with Crippen molar-refractivity contribution in [2.24, 2.45) is 5.73 Å². The first kappa shape index (κ1) is 15.7. The second kappa shape index (κ2) is 6.88. The van der Waals surface area contributed by atoms with Gasteiger partial charge < -0.3 is 10.6 Å². The number of rotatable bonds is 4. The van der Waals surface area contributed by atoms with Crippen LogP contribution in [0.1, 0.15) is 44.1 Å². The summed E-state index contributed by atoms with van der Waals surface area (Å²) in [4.78, 5) is 6.39. The summed E-state index contributed by atoms with van der Waals surface area (Å²) in [6.07, 6.45) is 11.9. The van der Waals surface area contributed by atoms with E-state index in [0.29, 0.717) is 0 Å². The standard InChI is InChI=1S/C16H26ClN3/c1-20(2)16(8-5-3-4-6-9-16)15(18)11-13-7-10-19-12-14(13)17/h7,10,12,15H,3-6,8-9,11,18H2,1-2H3. The van der Waals surface area contributed by atoms with Gasteiger partial charge in [0.15, 0.2) is 0 Å². The highest BCUT2D eigenvalue weighted by Gasteiger charge is 2.39. The van der Waals surface area contributed by atoms with Crippen molar-refractivity contribution >= 4 is 11.6 Å². The number of hydrogen-bond donors (Lipinski definition) is 1. The molecule has 1 unspecified atom stereocenters. The van der Waals surface area contributed by atoms with Crippen molar-refractivity contribution in [1.29, 1.82) is 0 Å². The minimum absolute atomic E-state index is 0.100. The van der Waals surface area contributed by atoms with Crippen molar-refractivity contribution in [1.82, 2.24) is 9.88 Å². The molecule has 0 aromatic carbocycles. The van der Waals surface area contributed by atoms with Crippen molar-refractivity contribution in [3.8, 4) is 0 Å². The molecule has 1 aromatic heterocycles. The topological polar surface area (TPSA) is 42.1 Å². The Morgan fingerprint density at radius 3 is 2.50 bits per heavy atom. The second-order valence-corrected chi connectivity index (χ2v) is 6.60. The Hall–Kier alpha value is -0.640. The molecule has 0 saturated heterocycles. The molecule has 1 atom stereocenters. The van der Waals surface area contributed by atoms with E-state index in [0.717, 1.165) is 17.0 Å². The Bertz CT molecular complexity index is 425. The van der Waals surface area contributed by atoms with Crippen LogP contribution < -0.4 is 5.73 Å². The van der Waals surface area contributed by atoms with Crippen LogP contribution in [0.15, 0.2) is 18.5 Å². The van der Waals surface area contributed by atoms with E-state index < -0.39 is 0 Å². The molecule has 3 nitrogen and oxygen atoms in total. The van der Waals surface area contributed by atoms with Crippen LogP contribution in [-0.4, -0.2) is 35.6 Å². The van der Waals surface area contributed by atoms with E-state index >= 15 is 0 Å². The Labute approximate surface area is 127 Å². The SMILES string of the molecule is CN(C)C1(C(N)Cc2ccncc2Cl)CCCCCC1. The predicted octanol–water partition coefficient (Wildman–Crippen LogP) is 3.26. The van der Waals surface area contributed by atoms with Crippen LogP contribution >= 0.6 is 11.6 Å². The molecule has 0 amide bonds. The highest BCUT2D eigenvalue weighted by Crippen LogP contribution is 2.35. The smallest absolute Gasteiger partial charge is 0.0621 e. The quantitative estimate of drug-likeness (QED) is 0.867. The largest absolute Gasteiger partial charge is 0.326 e. The molecular formula is C16H26ClN3. The van der Waals surface area contributed by atoms with Gasteiger partial charge in [-0.1, -0.05) is 37.3 Å². The molecule has 20 heavy (non-hydrogen) atoms. The van der Waals surface area contributed by atoms with Gasteiger partial charge in [0.2, 0.25) is 0 Å². The fraction of sp³-hybridized carbons (Fsp3) is 0.688. The average molecular weight is 296 g/mol. The van der Waals surface area contributed by atoms with Gasteiger partial charge in [-0.05, 0) is 45.0 Å². The Balaban J connectivity index is 2.18. The van der Waals surface area contributed by atoms with E-state index in [9.17, 15) is 0 Å². The van der Waals surface area contributed by atoms with E-state index in [2.05, 4.69) is 24.0 Å². The molecule has 1 fully saturated rings. The molecule has 2 N–H and O–H groups in total. The Kier molecular flexibility index (Phi) is 5.42. The van der Waals surface area contributed by atoms with Crippen LogP contribution in [0.2, 0.25) is 5.02 Å². The van der Waals surface area contributed by atoms with Crippen LogP contribution in [0.3, 0.4) is 0 Å². The fourth-order valence-corrected chi connectivity index (χ4v) is 3.68. The minimum atomic E-state index is 0.100. The number of halogens is 1. The maximum absolute atomic E-state index is 6.63. The first-order chi connectivity index (χ1) is 9.56. The van der Waals surface area contributed by atoms with E-state index in [1.807, 2.05) is 6.07 Å². The van der Waals surface area contributed by atoms with Gasteiger partial charge in [-0.15, -0.1) is 0 Å². The van der Waals surface area contributed by atoms with E-state index in [1.165, 1.54) is 38.5 Å². The molecule has 0 aliphatic heterocycles. The highest BCUT2D eigenvalue weighted by atomic mass is 35.5. The Morgan fingerprint density at radius 2 is 1.95 bits per heavy atom. The van der Waals surface area contributed by atoms with Crippen molar-refractivity contribution in [3.63, 3.8) is 0 Å². The molecule has 1 heterocycles. The van der Waals surface area contributed by atoms with Crippen LogP contribution in [0, 0.1) is 0 Å². The van der Waals surface area contributed by atoms with Crippen molar-refractivity contribution in [2.45, 2.75) is 56.5 Å². The number of nitrogens with two attached hydrogens (primary N) is 1. The van der Waals surface area contributed by atoms with Gasteiger partial charge in [0.1, 0.15) is 0 Å². The van der Waals surface area contributed by atoms with E-state index in [4.69, 9.17) is 17.3 Å². The molecule has 1 saturated carbocycles. The molecular weight excluding hydrogens is 270 g/mol. The van der Waals surface area contributed by atoms with Crippen LogP contribution in [0.25, 0.3) is 0 Å². The molecule has 1 aliphatic carbocycles. The van der Waals surface area contributed by atoms with Gasteiger partial charge in [-0.3, -0.25) is 4.98 Å². The van der Waals surface area contributed by atoms with Crippen molar-refractivity contribution in [2.75, 3.05) is 14.1 Å². The number of nitrogens with zero attached hydrogens (tertiary/aromatic N) is 2. The molecule has 1 aliphatic rings. The number of pyridine rings is 1. The minimum Gasteiger partial charge on any atom is -0.326 e. The number of hydrogen-bond acceptors (Lipinski definition) is 3. The van der Waals surface area contributed by atoms with Gasteiger partial charge in [0.05, 0.1) is 5.02 Å². The lowest BCUT2D eigenvalue weighted by Gasteiger charge is -2.44. The summed E-state index contributed by atoms with van der Waals surface area (Å²) in [6, 6.07) is 2.10. The van der Waals surface area contributed by atoms with Crippen molar-refractivity contribution < 1.29 is 0 Å². The van der Waals surface area contributed by atoms with Crippen LogP contribution in [0.4, 0.5) is 0 Å². The lowest BCUT2D eigenvalue weighted by atomic mass is 9.79. The molecule has 0 radical (unpaired) electrons. The number of aromatic nitrogens is 1. The van der Waals surface area contributed by atoms with Gasteiger partial charge >= 0.3 is 0 Å². The van der Waals surface area contributed by atoms with Crippen LogP contribution in [-0.2, 0) is 6.42 Å². The summed E-state index contributed by atoms with van der Waals surface area (Å²) in [5, 5.41) is 0.727. The lowest BCUT2D eigenvalue weighted by Crippen LogP contribution is -2.58. The molecule has 1 aromatic rings. The highest BCUT2D eigenvalue weighted by molar-refractivity contribution is 6.31. The second-order valence-electron chi connectivity index (χ2n) is 6.19. The van der Waals surface area contributed by atoms with Crippen LogP contribution in [0.5, 0.6) is 0 Å². The lowest BCUT2D eigenvalue weighted by molar-refractivity contribution is 0.0968. The molecule has 112 valence electrons. The van der Waals surface area contributed by atoms with Gasteiger partial charge in [-0.25, -0.2) is 0 Å². The first-order valence-electron chi connectivity index (χ1n) is 7.58. The van der Waals surface area contributed by atoms with Gasteiger partial charge in [0, 0.05) is 24.0 Å². The summed E-state index contributed by atoms with van der Waals surface area (Å²) >= 11 is 6.23. The summed E-state index contributed by atoms with van der Waals surface area (Å²) < 4.78 is 0.